The molecule has 1 N–H and O–H groups in total. The smallest absolute Gasteiger partial charge is 0.0415 e. The van der Waals surface area contributed by atoms with Gasteiger partial charge in [-0.2, -0.15) is 0 Å². The van der Waals surface area contributed by atoms with Gasteiger partial charge in [0.25, 0.3) is 0 Å². The molecular formula is C12H24N2. The van der Waals surface area contributed by atoms with Gasteiger partial charge in [0, 0.05) is 12.8 Å². The topological polar surface area (TPSA) is 24.4 Å². The summed E-state index contributed by atoms with van der Waals surface area (Å²) in [5, 5.41) is 3.40. The lowest BCUT2D eigenvalue weighted by Gasteiger charge is -2.08. The third kappa shape index (κ3) is 9.46. The maximum Gasteiger partial charge on any atom is 0.0415 e. The van der Waals surface area contributed by atoms with Gasteiger partial charge in [-0.05, 0) is 44.8 Å². The number of rotatable bonds is 8. The molecule has 0 amide bonds. The van der Waals surface area contributed by atoms with Crippen LogP contribution in [0.5, 0.6) is 0 Å². The van der Waals surface area contributed by atoms with E-state index >= 15 is 0 Å². The van der Waals surface area contributed by atoms with Crippen LogP contribution in [0.2, 0.25) is 0 Å². The summed E-state index contributed by atoms with van der Waals surface area (Å²) >= 11 is 0. The van der Waals surface area contributed by atoms with E-state index in [0.29, 0.717) is 5.92 Å². The molecule has 0 bridgehead atoms. The molecule has 0 radical (unpaired) electrons. The van der Waals surface area contributed by atoms with Crippen LogP contribution in [0.15, 0.2) is 17.1 Å². The summed E-state index contributed by atoms with van der Waals surface area (Å²) in [7, 11) is 0. The maximum atomic E-state index is 4.32. The number of hydrogen-bond donors (Lipinski definition) is 1. The normalized spacial score (nSPS) is 14.2. The zero-order valence-electron chi connectivity index (χ0n) is 9.79. The highest BCUT2D eigenvalue weighted by Gasteiger charge is 1.98. The average molecular weight is 196 g/mol. The van der Waals surface area contributed by atoms with E-state index in [0.717, 1.165) is 19.6 Å². The Morgan fingerprint density at radius 2 is 2.14 bits per heavy atom. The van der Waals surface area contributed by atoms with Crippen molar-refractivity contribution >= 4 is 6.21 Å². The van der Waals surface area contributed by atoms with E-state index in [2.05, 4.69) is 24.2 Å². The Labute approximate surface area is 88.5 Å². The summed E-state index contributed by atoms with van der Waals surface area (Å²) < 4.78 is 0. The molecule has 2 heteroatoms. The Hall–Kier alpha value is -0.630. The lowest BCUT2D eigenvalue weighted by Crippen LogP contribution is -2.18. The molecule has 0 aromatic rings. The predicted molar refractivity (Wildman–Crippen MR) is 65.1 cm³/mol. The molecule has 82 valence electrons. The number of aliphatic imine (C=N–C) groups is 1. The van der Waals surface area contributed by atoms with Gasteiger partial charge in [0.05, 0.1) is 0 Å². The Bertz CT molecular complexity index is 162. The Morgan fingerprint density at radius 3 is 2.79 bits per heavy atom. The Balaban J connectivity index is 3.31. The van der Waals surface area contributed by atoms with Gasteiger partial charge in [-0.3, -0.25) is 4.99 Å². The number of allylic oxidation sites excluding steroid dienone is 2. The van der Waals surface area contributed by atoms with Crippen LogP contribution in [0.3, 0.4) is 0 Å². The van der Waals surface area contributed by atoms with Crippen LogP contribution >= 0.6 is 0 Å². The van der Waals surface area contributed by atoms with Crippen LogP contribution in [-0.2, 0) is 0 Å². The first-order chi connectivity index (χ1) is 6.81. The third-order valence-corrected chi connectivity index (χ3v) is 2.04. The molecule has 0 aliphatic rings. The van der Waals surface area contributed by atoms with E-state index < -0.39 is 0 Å². The van der Waals surface area contributed by atoms with Crippen LogP contribution in [0, 0.1) is 5.92 Å². The first-order valence-corrected chi connectivity index (χ1v) is 5.63. The summed E-state index contributed by atoms with van der Waals surface area (Å²) in [5.41, 5.74) is 0. The molecule has 0 aromatic heterocycles. The molecule has 0 rings (SSSR count). The molecule has 2 nitrogen and oxygen atoms in total. The standard InChI is InChI=1S/C12H24N2/c1-4-6-9-14-11-12(3)7-10-13-8-5-2/h4,6,9,12-13H,5,7-8,10-11H2,1-3H3/b6-4-,14-9-. The van der Waals surface area contributed by atoms with Crippen LogP contribution < -0.4 is 5.32 Å². The third-order valence-electron chi connectivity index (χ3n) is 2.04. The average Bonchev–Trinajstić information content (AvgIpc) is 2.19. The minimum absolute atomic E-state index is 0.681. The molecule has 1 atom stereocenters. The largest absolute Gasteiger partial charge is 0.317 e. The minimum atomic E-state index is 0.681. The molecule has 0 aromatic carbocycles. The summed E-state index contributed by atoms with van der Waals surface area (Å²) in [5.74, 6) is 0.681. The molecule has 0 saturated heterocycles. The lowest BCUT2D eigenvalue weighted by molar-refractivity contribution is 0.511. The summed E-state index contributed by atoms with van der Waals surface area (Å²) in [4.78, 5) is 4.32. The molecule has 14 heavy (non-hydrogen) atoms. The number of hydrogen-bond acceptors (Lipinski definition) is 2. The van der Waals surface area contributed by atoms with E-state index in [1.54, 1.807) is 0 Å². The molecule has 0 heterocycles. The second-order valence-corrected chi connectivity index (χ2v) is 3.68. The van der Waals surface area contributed by atoms with Crippen LogP contribution in [0.25, 0.3) is 0 Å². The number of nitrogens with one attached hydrogen (secondary N) is 1. The highest BCUT2D eigenvalue weighted by atomic mass is 14.8. The first-order valence-electron chi connectivity index (χ1n) is 5.63. The molecule has 0 spiro atoms. The van der Waals surface area contributed by atoms with E-state index in [4.69, 9.17) is 0 Å². The van der Waals surface area contributed by atoms with Gasteiger partial charge in [-0.1, -0.05) is 19.9 Å². The second-order valence-electron chi connectivity index (χ2n) is 3.68. The van der Waals surface area contributed by atoms with Crippen molar-refractivity contribution in [1.29, 1.82) is 0 Å². The van der Waals surface area contributed by atoms with Crippen molar-refractivity contribution in [2.45, 2.75) is 33.6 Å². The van der Waals surface area contributed by atoms with Gasteiger partial charge >= 0.3 is 0 Å². The monoisotopic (exact) mass is 196 g/mol. The molecule has 0 fully saturated rings. The van der Waals surface area contributed by atoms with Crippen molar-refractivity contribution in [2.24, 2.45) is 10.9 Å². The van der Waals surface area contributed by atoms with Crippen LogP contribution in [0.1, 0.15) is 33.6 Å². The zero-order chi connectivity index (χ0) is 10.6. The predicted octanol–water partition coefficient (Wildman–Crippen LogP) is 2.66. The fourth-order valence-electron chi connectivity index (χ4n) is 1.13. The quantitative estimate of drug-likeness (QED) is 0.468. The van der Waals surface area contributed by atoms with Crippen LogP contribution in [-0.4, -0.2) is 25.8 Å². The summed E-state index contributed by atoms with van der Waals surface area (Å²) in [6.07, 6.45) is 8.29. The molecule has 0 aliphatic heterocycles. The van der Waals surface area contributed by atoms with Gasteiger partial charge in [-0.25, -0.2) is 0 Å². The van der Waals surface area contributed by atoms with E-state index in [-0.39, 0.29) is 0 Å². The molecular weight excluding hydrogens is 172 g/mol. The molecule has 1 unspecified atom stereocenters. The molecule has 0 aliphatic carbocycles. The Kier molecular flexibility index (Phi) is 9.98. The fraction of sp³-hybridized carbons (Fsp3) is 0.750. The van der Waals surface area contributed by atoms with E-state index in [1.807, 2.05) is 25.3 Å². The lowest BCUT2D eigenvalue weighted by atomic mass is 10.1. The van der Waals surface area contributed by atoms with Gasteiger partial charge in [0.1, 0.15) is 0 Å². The highest BCUT2D eigenvalue weighted by molar-refractivity contribution is 5.70. The number of nitrogens with zero attached hydrogens (tertiary/aromatic N) is 1. The summed E-state index contributed by atoms with van der Waals surface area (Å²) in [6.45, 7) is 9.64. The minimum Gasteiger partial charge on any atom is -0.317 e. The van der Waals surface area contributed by atoms with E-state index in [1.165, 1.54) is 12.8 Å². The van der Waals surface area contributed by atoms with Crippen molar-refractivity contribution in [2.75, 3.05) is 19.6 Å². The maximum absolute atomic E-state index is 4.32. The van der Waals surface area contributed by atoms with Crippen LogP contribution in [0.4, 0.5) is 0 Å². The highest BCUT2D eigenvalue weighted by Crippen LogP contribution is 2.00. The van der Waals surface area contributed by atoms with Crippen molar-refractivity contribution in [3.63, 3.8) is 0 Å². The van der Waals surface area contributed by atoms with Gasteiger partial charge in [-0.15, -0.1) is 0 Å². The van der Waals surface area contributed by atoms with E-state index in [9.17, 15) is 0 Å². The Morgan fingerprint density at radius 1 is 1.36 bits per heavy atom. The fourth-order valence-corrected chi connectivity index (χ4v) is 1.13. The first kappa shape index (κ1) is 13.4. The van der Waals surface area contributed by atoms with Crippen molar-refractivity contribution in [3.05, 3.63) is 12.2 Å². The van der Waals surface area contributed by atoms with Gasteiger partial charge in [0.2, 0.25) is 0 Å². The van der Waals surface area contributed by atoms with Crippen molar-refractivity contribution in [1.82, 2.24) is 5.32 Å². The SMILES string of the molecule is C/C=C\C=N/CC(C)CCNCCC. The zero-order valence-corrected chi connectivity index (χ0v) is 9.79. The second kappa shape index (κ2) is 10.5. The molecule has 0 saturated carbocycles. The van der Waals surface area contributed by atoms with Gasteiger partial charge < -0.3 is 5.32 Å². The van der Waals surface area contributed by atoms with Crippen molar-refractivity contribution in [3.8, 4) is 0 Å². The van der Waals surface area contributed by atoms with Gasteiger partial charge in [0.15, 0.2) is 0 Å². The summed E-state index contributed by atoms with van der Waals surface area (Å²) in [6, 6.07) is 0. The van der Waals surface area contributed by atoms with Crippen molar-refractivity contribution < 1.29 is 0 Å².